The first-order valence-electron chi connectivity index (χ1n) is 7.42. The number of ether oxygens (including phenoxy) is 1. The van der Waals surface area contributed by atoms with Gasteiger partial charge in [0.2, 0.25) is 0 Å². The van der Waals surface area contributed by atoms with Crippen LogP contribution in [0.2, 0.25) is 0 Å². The summed E-state index contributed by atoms with van der Waals surface area (Å²) in [4.78, 5) is 2.54. The lowest BCUT2D eigenvalue weighted by molar-refractivity contribution is 0.179. The molecule has 1 fully saturated rings. The lowest BCUT2D eigenvalue weighted by atomic mass is 9.89. The van der Waals surface area contributed by atoms with E-state index in [4.69, 9.17) is 10.5 Å². The first kappa shape index (κ1) is 12.9. The molecular weight excluding hydrogens is 236 g/mol. The predicted octanol–water partition coefficient (Wildman–Crippen LogP) is 2.05. The lowest BCUT2D eigenvalue weighted by Crippen LogP contribution is -2.50. The second-order valence-corrected chi connectivity index (χ2v) is 6.02. The monoisotopic (exact) mass is 260 g/mol. The summed E-state index contributed by atoms with van der Waals surface area (Å²) in [5.74, 6) is 1.29. The van der Waals surface area contributed by atoms with E-state index in [0.717, 1.165) is 32.7 Å². The average Bonchev–Trinajstić information content (AvgIpc) is 2.93. The minimum atomic E-state index is 0.423. The van der Waals surface area contributed by atoms with E-state index in [1.165, 1.54) is 17.7 Å². The largest absolute Gasteiger partial charge is 0.381 e. The maximum absolute atomic E-state index is 6.09. The van der Waals surface area contributed by atoms with Gasteiger partial charge in [-0.25, -0.2) is 0 Å². The molecule has 3 rings (SSSR count). The van der Waals surface area contributed by atoms with Crippen LogP contribution in [-0.4, -0.2) is 32.3 Å². The van der Waals surface area contributed by atoms with Crippen molar-refractivity contribution in [1.29, 1.82) is 0 Å². The van der Waals surface area contributed by atoms with Gasteiger partial charge in [-0.2, -0.15) is 0 Å². The van der Waals surface area contributed by atoms with E-state index in [9.17, 15) is 0 Å². The highest BCUT2D eigenvalue weighted by molar-refractivity contribution is 5.56. The van der Waals surface area contributed by atoms with Crippen molar-refractivity contribution >= 4 is 5.69 Å². The number of anilines is 1. The number of hydrogen-bond donors (Lipinski definition) is 1. The third-order valence-corrected chi connectivity index (χ3v) is 4.53. The van der Waals surface area contributed by atoms with E-state index in [-0.39, 0.29) is 0 Å². The highest BCUT2D eigenvalue weighted by atomic mass is 16.5. The Balaban J connectivity index is 1.90. The molecule has 2 aliphatic heterocycles. The van der Waals surface area contributed by atoms with Crippen molar-refractivity contribution in [3.05, 3.63) is 29.8 Å². The van der Waals surface area contributed by atoms with Crippen molar-refractivity contribution in [1.82, 2.24) is 0 Å². The molecule has 3 atom stereocenters. The van der Waals surface area contributed by atoms with Crippen molar-refractivity contribution in [2.75, 3.05) is 31.2 Å². The molecule has 0 aliphatic carbocycles. The predicted molar refractivity (Wildman–Crippen MR) is 78.4 cm³/mol. The number of nitrogens with zero attached hydrogens (tertiary/aromatic N) is 1. The maximum Gasteiger partial charge on any atom is 0.0515 e. The smallest absolute Gasteiger partial charge is 0.0515 e. The molecule has 1 aromatic rings. The average molecular weight is 260 g/mol. The van der Waals surface area contributed by atoms with Gasteiger partial charge in [-0.05, 0) is 30.4 Å². The summed E-state index contributed by atoms with van der Waals surface area (Å²) < 4.78 is 5.56. The molecule has 2 heterocycles. The summed E-state index contributed by atoms with van der Waals surface area (Å²) in [5, 5.41) is 0. The van der Waals surface area contributed by atoms with Gasteiger partial charge in [-0.3, -0.25) is 0 Å². The van der Waals surface area contributed by atoms with E-state index >= 15 is 0 Å². The van der Waals surface area contributed by atoms with E-state index in [1.807, 2.05) is 0 Å². The second-order valence-electron chi connectivity index (χ2n) is 6.02. The van der Waals surface area contributed by atoms with Gasteiger partial charge in [0, 0.05) is 37.3 Å². The van der Waals surface area contributed by atoms with Gasteiger partial charge in [0.25, 0.3) is 0 Å². The Bertz CT molecular complexity index is 429. The highest BCUT2D eigenvalue weighted by Gasteiger charge is 2.33. The van der Waals surface area contributed by atoms with Crippen LogP contribution < -0.4 is 10.6 Å². The summed E-state index contributed by atoms with van der Waals surface area (Å²) in [6.07, 6.45) is 2.33. The summed E-state index contributed by atoms with van der Waals surface area (Å²) in [6.45, 7) is 5.94. The summed E-state index contributed by atoms with van der Waals surface area (Å²) >= 11 is 0. The van der Waals surface area contributed by atoms with Gasteiger partial charge in [0.05, 0.1) is 6.61 Å². The summed E-state index contributed by atoms with van der Waals surface area (Å²) in [5.41, 5.74) is 8.95. The minimum Gasteiger partial charge on any atom is -0.381 e. The van der Waals surface area contributed by atoms with Crippen molar-refractivity contribution in [3.63, 3.8) is 0 Å². The zero-order valence-electron chi connectivity index (χ0n) is 11.7. The third kappa shape index (κ3) is 2.49. The van der Waals surface area contributed by atoms with Crippen LogP contribution in [0.25, 0.3) is 0 Å². The van der Waals surface area contributed by atoms with Crippen LogP contribution in [0.15, 0.2) is 24.3 Å². The summed E-state index contributed by atoms with van der Waals surface area (Å²) in [7, 11) is 0. The standard InChI is InChI=1S/C16H24N2O/c1-12-8-13-4-2-3-5-15(13)18(10-12)16(9-17)14-6-7-19-11-14/h2-5,12,14,16H,6-11,17H2,1H3. The van der Waals surface area contributed by atoms with Crippen molar-refractivity contribution < 1.29 is 4.74 Å². The van der Waals surface area contributed by atoms with Crippen LogP contribution in [0.4, 0.5) is 5.69 Å². The minimum absolute atomic E-state index is 0.423. The van der Waals surface area contributed by atoms with Crippen LogP contribution in [0.1, 0.15) is 18.9 Å². The molecule has 0 amide bonds. The van der Waals surface area contributed by atoms with Crippen LogP contribution in [0.5, 0.6) is 0 Å². The Kier molecular flexibility index (Phi) is 3.76. The molecule has 0 aromatic heterocycles. The van der Waals surface area contributed by atoms with Crippen molar-refractivity contribution in [2.45, 2.75) is 25.8 Å². The third-order valence-electron chi connectivity index (χ3n) is 4.53. The van der Waals surface area contributed by atoms with Gasteiger partial charge in [0.1, 0.15) is 0 Å². The van der Waals surface area contributed by atoms with Gasteiger partial charge in [-0.15, -0.1) is 0 Å². The number of para-hydroxylation sites is 1. The Morgan fingerprint density at radius 2 is 2.26 bits per heavy atom. The van der Waals surface area contributed by atoms with E-state index in [0.29, 0.717) is 17.9 Å². The molecule has 0 bridgehead atoms. The molecule has 0 radical (unpaired) electrons. The second kappa shape index (κ2) is 5.51. The van der Waals surface area contributed by atoms with Gasteiger partial charge in [0.15, 0.2) is 0 Å². The number of rotatable bonds is 3. The molecule has 19 heavy (non-hydrogen) atoms. The van der Waals surface area contributed by atoms with Gasteiger partial charge in [-0.1, -0.05) is 25.1 Å². The molecule has 0 saturated carbocycles. The molecule has 2 N–H and O–H groups in total. The Labute approximate surface area is 115 Å². The molecule has 3 unspecified atom stereocenters. The van der Waals surface area contributed by atoms with Crippen LogP contribution >= 0.6 is 0 Å². The SMILES string of the molecule is CC1Cc2ccccc2N(C(CN)C2CCOC2)C1. The Morgan fingerprint density at radius 3 is 3.00 bits per heavy atom. The molecule has 104 valence electrons. The van der Waals surface area contributed by atoms with E-state index < -0.39 is 0 Å². The zero-order valence-corrected chi connectivity index (χ0v) is 11.7. The topological polar surface area (TPSA) is 38.5 Å². The van der Waals surface area contributed by atoms with E-state index in [1.54, 1.807) is 0 Å². The first-order chi connectivity index (χ1) is 9.29. The molecule has 1 aromatic carbocycles. The fourth-order valence-corrected chi connectivity index (χ4v) is 3.58. The fourth-order valence-electron chi connectivity index (χ4n) is 3.58. The van der Waals surface area contributed by atoms with Crippen molar-refractivity contribution in [3.8, 4) is 0 Å². The van der Waals surface area contributed by atoms with Gasteiger partial charge >= 0.3 is 0 Å². The fraction of sp³-hybridized carbons (Fsp3) is 0.625. The number of nitrogens with two attached hydrogens (primary N) is 1. The van der Waals surface area contributed by atoms with Crippen LogP contribution in [-0.2, 0) is 11.2 Å². The molecule has 3 nitrogen and oxygen atoms in total. The Morgan fingerprint density at radius 1 is 1.42 bits per heavy atom. The van der Waals surface area contributed by atoms with Crippen LogP contribution in [0, 0.1) is 11.8 Å². The Hall–Kier alpha value is -1.06. The number of fused-ring (bicyclic) bond motifs is 1. The lowest BCUT2D eigenvalue weighted by Gasteiger charge is -2.42. The van der Waals surface area contributed by atoms with E-state index in [2.05, 4.69) is 36.1 Å². The zero-order chi connectivity index (χ0) is 13.2. The molecule has 3 heteroatoms. The first-order valence-corrected chi connectivity index (χ1v) is 7.42. The van der Waals surface area contributed by atoms with Crippen LogP contribution in [0.3, 0.4) is 0 Å². The summed E-state index contributed by atoms with van der Waals surface area (Å²) in [6, 6.07) is 9.22. The maximum atomic E-state index is 6.09. The highest BCUT2D eigenvalue weighted by Crippen LogP contribution is 2.33. The normalized spacial score (nSPS) is 28.2. The molecule has 0 spiro atoms. The molecular formula is C16H24N2O. The van der Waals surface area contributed by atoms with Gasteiger partial charge < -0.3 is 15.4 Å². The van der Waals surface area contributed by atoms with Crippen molar-refractivity contribution in [2.24, 2.45) is 17.6 Å². The quantitative estimate of drug-likeness (QED) is 0.904. The number of benzene rings is 1. The number of hydrogen-bond acceptors (Lipinski definition) is 3. The molecule has 1 saturated heterocycles. The molecule has 2 aliphatic rings.